The maximum atomic E-state index is 10.2. The molecule has 4 heteroatoms. The molecule has 0 atom stereocenters. The second-order valence-electron chi connectivity index (χ2n) is 4.95. The fourth-order valence-electron chi connectivity index (χ4n) is 2.04. The monoisotopic (exact) mass is 281 g/mol. The first-order valence-corrected chi connectivity index (χ1v) is 7.31. The molecule has 0 aliphatic heterocycles. The molecule has 0 saturated heterocycles. The summed E-state index contributed by atoms with van der Waals surface area (Å²) in [4.78, 5) is 0. The summed E-state index contributed by atoms with van der Waals surface area (Å²) >= 11 is 0. The van der Waals surface area contributed by atoms with Gasteiger partial charge < -0.3 is 19.9 Å². The van der Waals surface area contributed by atoms with E-state index in [1.807, 2.05) is 39.0 Å². The van der Waals surface area contributed by atoms with E-state index in [4.69, 9.17) is 9.47 Å². The number of hydrogen-bond donors (Lipinski definition) is 2. The van der Waals surface area contributed by atoms with Crippen LogP contribution in [0.15, 0.2) is 18.2 Å². The van der Waals surface area contributed by atoms with E-state index in [0.717, 1.165) is 29.9 Å². The van der Waals surface area contributed by atoms with Gasteiger partial charge in [0.1, 0.15) is 0 Å². The van der Waals surface area contributed by atoms with Gasteiger partial charge in [-0.3, -0.25) is 0 Å². The Kier molecular flexibility index (Phi) is 6.82. The van der Waals surface area contributed by atoms with Gasteiger partial charge >= 0.3 is 0 Å². The zero-order valence-electron chi connectivity index (χ0n) is 13.0. The highest BCUT2D eigenvalue weighted by Gasteiger charge is 2.21. The minimum absolute atomic E-state index is 0.593. The van der Waals surface area contributed by atoms with Gasteiger partial charge in [0.15, 0.2) is 11.5 Å². The normalized spacial score (nSPS) is 11.4. The molecule has 1 aromatic rings. The lowest BCUT2D eigenvalue weighted by Gasteiger charge is -2.25. The molecule has 0 saturated carbocycles. The molecule has 1 rings (SSSR count). The Morgan fingerprint density at radius 1 is 1.15 bits per heavy atom. The average molecular weight is 281 g/mol. The van der Waals surface area contributed by atoms with Crippen molar-refractivity contribution in [2.75, 3.05) is 20.3 Å². The maximum Gasteiger partial charge on any atom is 0.161 e. The number of rotatable bonds is 9. The van der Waals surface area contributed by atoms with Gasteiger partial charge in [0.05, 0.1) is 19.3 Å². The van der Waals surface area contributed by atoms with E-state index in [1.54, 1.807) is 7.11 Å². The van der Waals surface area contributed by atoms with Crippen molar-refractivity contribution in [3.63, 3.8) is 0 Å². The van der Waals surface area contributed by atoms with Crippen molar-refractivity contribution >= 4 is 0 Å². The summed E-state index contributed by atoms with van der Waals surface area (Å²) in [5.41, 5.74) is 0.495. The highest BCUT2D eigenvalue weighted by atomic mass is 16.5. The van der Waals surface area contributed by atoms with Crippen LogP contribution in [0.3, 0.4) is 0 Å². The standard InChI is InChI=1S/C16H27NO3/c1-5-16(18,6-2)12-17-11-13-8-9-14(20-7-3)15(10-13)19-4/h8-10,17-18H,5-7,11-12H2,1-4H3. The predicted octanol–water partition coefficient (Wildman–Crippen LogP) is 2.73. The minimum atomic E-state index is -0.616. The van der Waals surface area contributed by atoms with Crippen LogP contribution in [-0.4, -0.2) is 31.0 Å². The third kappa shape index (κ3) is 4.69. The zero-order valence-corrected chi connectivity index (χ0v) is 13.0. The second-order valence-corrected chi connectivity index (χ2v) is 4.95. The molecule has 1 aromatic carbocycles. The van der Waals surface area contributed by atoms with Gasteiger partial charge in [0.2, 0.25) is 0 Å². The van der Waals surface area contributed by atoms with E-state index in [1.165, 1.54) is 0 Å². The first-order valence-electron chi connectivity index (χ1n) is 7.31. The van der Waals surface area contributed by atoms with Gasteiger partial charge in [0, 0.05) is 13.1 Å². The number of methoxy groups -OCH3 is 1. The van der Waals surface area contributed by atoms with E-state index < -0.39 is 5.60 Å². The molecular weight excluding hydrogens is 254 g/mol. The van der Waals surface area contributed by atoms with Crippen molar-refractivity contribution in [1.29, 1.82) is 0 Å². The van der Waals surface area contributed by atoms with Crippen LogP contribution in [0.5, 0.6) is 11.5 Å². The Balaban J connectivity index is 2.60. The lowest BCUT2D eigenvalue weighted by molar-refractivity contribution is 0.0323. The Labute approximate surface area is 122 Å². The molecule has 0 bridgehead atoms. The number of nitrogens with one attached hydrogen (secondary N) is 1. The lowest BCUT2D eigenvalue weighted by Crippen LogP contribution is -2.39. The van der Waals surface area contributed by atoms with E-state index >= 15 is 0 Å². The van der Waals surface area contributed by atoms with Crippen molar-refractivity contribution in [3.05, 3.63) is 23.8 Å². The molecule has 20 heavy (non-hydrogen) atoms. The third-order valence-corrected chi connectivity index (χ3v) is 3.63. The molecule has 0 radical (unpaired) electrons. The SMILES string of the molecule is CCOc1ccc(CNCC(O)(CC)CC)cc1OC. The first-order chi connectivity index (χ1) is 9.58. The van der Waals surface area contributed by atoms with Crippen LogP contribution >= 0.6 is 0 Å². The van der Waals surface area contributed by atoms with Crippen LogP contribution in [0.25, 0.3) is 0 Å². The van der Waals surface area contributed by atoms with Gasteiger partial charge in [-0.05, 0) is 37.5 Å². The third-order valence-electron chi connectivity index (χ3n) is 3.63. The molecule has 114 valence electrons. The van der Waals surface area contributed by atoms with Crippen molar-refractivity contribution in [2.45, 2.75) is 45.8 Å². The number of benzene rings is 1. The van der Waals surface area contributed by atoms with Crippen molar-refractivity contribution in [2.24, 2.45) is 0 Å². The van der Waals surface area contributed by atoms with Gasteiger partial charge in [0.25, 0.3) is 0 Å². The molecule has 0 unspecified atom stereocenters. The lowest BCUT2D eigenvalue weighted by atomic mass is 9.97. The van der Waals surface area contributed by atoms with Gasteiger partial charge in [-0.15, -0.1) is 0 Å². The van der Waals surface area contributed by atoms with Gasteiger partial charge in [-0.1, -0.05) is 19.9 Å². The van der Waals surface area contributed by atoms with Crippen LogP contribution < -0.4 is 14.8 Å². The predicted molar refractivity (Wildman–Crippen MR) is 81.4 cm³/mol. The van der Waals surface area contributed by atoms with Crippen molar-refractivity contribution in [3.8, 4) is 11.5 Å². The first kappa shape index (κ1) is 16.8. The summed E-state index contributed by atoms with van der Waals surface area (Å²) in [6, 6.07) is 5.90. The molecule has 0 aliphatic rings. The van der Waals surface area contributed by atoms with Crippen LogP contribution in [0, 0.1) is 0 Å². The average Bonchev–Trinajstić information content (AvgIpc) is 2.48. The highest BCUT2D eigenvalue weighted by molar-refractivity contribution is 5.42. The van der Waals surface area contributed by atoms with E-state index in [-0.39, 0.29) is 0 Å². The Hall–Kier alpha value is -1.26. The summed E-state index contributed by atoms with van der Waals surface area (Å²) in [6.07, 6.45) is 1.51. The smallest absolute Gasteiger partial charge is 0.161 e. The van der Waals surface area contributed by atoms with Crippen molar-refractivity contribution in [1.82, 2.24) is 5.32 Å². The van der Waals surface area contributed by atoms with E-state index in [2.05, 4.69) is 5.32 Å². The molecule has 0 amide bonds. The zero-order chi connectivity index (χ0) is 15.0. The molecule has 0 aliphatic carbocycles. The van der Waals surface area contributed by atoms with Gasteiger partial charge in [-0.25, -0.2) is 0 Å². The minimum Gasteiger partial charge on any atom is -0.493 e. The Morgan fingerprint density at radius 2 is 1.85 bits per heavy atom. The van der Waals surface area contributed by atoms with Crippen LogP contribution in [0.4, 0.5) is 0 Å². The quantitative estimate of drug-likeness (QED) is 0.731. The van der Waals surface area contributed by atoms with Crippen LogP contribution in [0.1, 0.15) is 39.2 Å². The number of aliphatic hydroxyl groups is 1. The van der Waals surface area contributed by atoms with Crippen molar-refractivity contribution < 1.29 is 14.6 Å². The largest absolute Gasteiger partial charge is 0.493 e. The Morgan fingerprint density at radius 3 is 2.40 bits per heavy atom. The maximum absolute atomic E-state index is 10.2. The topological polar surface area (TPSA) is 50.7 Å². The molecule has 0 fully saturated rings. The summed E-state index contributed by atoms with van der Waals surface area (Å²) in [5.74, 6) is 1.50. The fourth-order valence-corrected chi connectivity index (χ4v) is 2.04. The van der Waals surface area contributed by atoms with Crippen LogP contribution in [0.2, 0.25) is 0 Å². The molecule has 0 spiro atoms. The summed E-state index contributed by atoms with van der Waals surface area (Å²) in [6.45, 7) is 7.87. The molecule has 0 aromatic heterocycles. The fraction of sp³-hybridized carbons (Fsp3) is 0.625. The molecule has 0 heterocycles. The Bertz CT molecular complexity index is 403. The summed E-state index contributed by atoms with van der Waals surface area (Å²) < 4.78 is 10.8. The molecule has 2 N–H and O–H groups in total. The molecule has 4 nitrogen and oxygen atoms in total. The van der Waals surface area contributed by atoms with Crippen LogP contribution in [-0.2, 0) is 6.54 Å². The van der Waals surface area contributed by atoms with Gasteiger partial charge in [-0.2, -0.15) is 0 Å². The van der Waals surface area contributed by atoms with E-state index in [9.17, 15) is 5.11 Å². The second kappa shape index (κ2) is 8.12. The molecular formula is C16H27NO3. The highest BCUT2D eigenvalue weighted by Crippen LogP contribution is 2.28. The number of ether oxygens (including phenoxy) is 2. The summed E-state index contributed by atoms with van der Waals surface area (Å²) in [7, 11) is 1.64. The number of hydrogen-bond acceptors (Lipinski definition) is 4. The van der Waals surface area contributed by atoms with E-state index in [0.29, 0.717) is 19.7 Å². The summed E-state index contributed by atoms with van der Waals surface area (Å²) in [5, 5.41) is 13.5.